The fourth-order valence-electron chi connectivity index (χ4n) is 2.73. The minimum Gasteiger partial charge on any atom is -0.323 e. The predicted molar refractivity (Wildman–Crippen MR) is 109 cm³/mol. The first-order chi connectivity index (χ1) is 13.0. The van der Waals surface area contributed by atoms with Crippen LogP contribution in [0.4, 0.5) is 5.69 Å². The molecule has 0 bridgehead atoms. The van der Waals surface area contributed by atoms with Crippen molar-refractivity contribution in [1.29, 1.82) is 0 Å². The summed E-state index contributed by atoms with van der Waals surface area (Å²) in [6, 6.07) is 11.8. The van der Waals surface area contributed by atoms with Crippen LogP contribution in [-0.4, -0.2) is 29.0 Å². The number of rotatable bonds is 5. The predicted octanol–water partition coefficient (Wildman–Crippen LogP) is 4.26. The first kappa shape index (κ1) is 21.0. The lowest BCUT2D eigenvalue weighted by molar-refractivity contribution is 0.361. The monoisotopic (exact) mass is 460 g/mol. The molecular weight excluding hydrogens is 446 g/mol. The number of aromatic nitrogens is 1. The maximum atomic E-state index is 13.4. The number of fused-ring (bicyclic) bond motifs is 1. The van der Waals surface area contributed by atoms with Crippen LogP contribution in [0.25, 0.3) is 10.9 Å². The molecule has 0 saturated heterocycles. The first-order valence-corrected chi connectivity index (χ1v) is 11.8. The molecule has 0 radical (unpaired) electrons. The van der Waals surface area contributed by atoms with E-state index in [0.717, 1.165) is 6.92 Å². The third-order valence-corrected chi connectivity index (χ3v) is 7.73. The molecule has 3 aromatic rings. The molecule has 0 aliphatic rings. The van der Waals surface area contributed by atoms with Gasteiger partial charge in [0.1, 0.15) is 5.78 Å². The van der Waals surface area contributed by atoms with Gasteiger partial charge in [-0.15, -0.1) is 0 Å². The Bertz CT molecular complexity index is 1170. The summed E-state index contributed by atoms with van der Waals surface area (Å²) in [4.78, 5) is 23.4. The molecule has 1 aromatic heterocycles. The van der Waals surface area contributed by atoms with Crippen LogP contribution in [-0.2, 0) is 14.6 Å². The average molecular weight is 461 g/mol. The van der Waals surface area contributed by atoms with E-state index in [9.17, 15) is 22.8 Å². The number of pyridine rings is 1. The Kier molecular flexibility index (Phi) is 5.74. The van der Waals surface area contributed by atoms with E-state index in [1.165, 1.54) is 30.5 Å². The normalized spacial score (nSPS) is 13.5. The van der Waals surface area contributed by atoms with E-state index in [2.05, 4.69) is 4.98 Å². The number of benzene rings is 2. The van der Waals surface area contributed by atoms with E-state index in [1.54, 1.807) is 24.3 Å². The van der Waals surface area contributed by atoms with Gasteiger partial charge in [0.25, 0.3) is 10.0 Å². The second kappa shape index (κ2) is 7.63. The smallest absolute Gasteiger partial charge is 0.323 e. The molecule has 2 aromatic carbocycles. The molecule has 1 atom stereocenters. The Morgan fingerprint density at radius 3 is 2.29 bits per heavy atom. The largest absolute Gasteiger partial charge is 0.348 e. The number of sulfonamides is 1. The van der Waals surface area contributed by atoms with E-state index in [-0.39, 0.29) is 26.1 Å². The summed E-state index contributed by atoms with van der Waals surface area (Å²) in [6.07, 6.45) is 1.47. The van der Waals surface area contributed by atoms with E-state index in [0.29, 0.717) is 9.69 Å². The van der Waals surface area contributed by atoms with Crippen LogP contribution < -0.4 is 4.31 Å². The van der Waals surface area contributed by atoms with Crippen molar-refractivity contribution in [3.8, 4) is 0 Å². The molecule has 0 fully saturated rings. The van der Waals surface area contributed by atoms with Gasteiger partial charge in [0.05, 0.1) is 16.1 Å². The van der Waals surface area contributed by atoms with Gasteiger partial charge in [0.2, 0.25) is 0 Å². The minimum atomic E-state index is -4.84. The van der Waals surface area contributed by atoms with Crippen molar-refractivity contribution in [2.24, 2.45) is 0 Å². The number of anilines is 1. The fourth-order valence-corrected chi connectivity index (χ4v) is 6.11. The Morgan fingerprint density at radius 1 is 1.07 bits per heavy atom. The summed E-state index contributed by atoms with van der Waals surface area (Å²) >= 11 is 11.9. The molecule has 0 aliphatic carbocycles. The molecule has 11 heteroatoms. The Balaban J connectivity index is 2.33. The van der Waals surface area contributed by atoms with Crippen LogP contribution in [0.3, 0.4) is 0 Å². The van der Waals surface area contributed by atoms with Gasteiger partial charge in [-0.2, -0.15) is 0 Å². The van der Waals surface area contributed by atoms with Crippen molar-refractivity contribution >= 4 is 57.4 Å². The Morgan fingerprint density at radius 2 is 1.68 bits per heavy atom. The van der Waals surface area contributed by atoms with Crippen LogP contribution in [0.2, 0.25) is 10.0 Å². The standard InChI is InChI=1S/C17H15Cl2N2O5PS/c1-11(27(22,23)24)21(16-6-2-4-12-5-3-7-20-17(12)16)28(25,26)15-9-13(18)8-14(19)10-15/h2-11H,1H3,(H2,22,23,24). The molecule has 1 unspecified atom stereocenters. The third-order valence-electron chi connectivity index (χ3n) is 4.07. The lowest BCUT2D eigenvalue weighted by atomic mass is 10.2. The average Bonchev–Trinajstić information content (AvgIpc) is 2.60. The highest BCUT2D eigenvalue weighted by atomic mass is 35.5. The van der Waals surface area contributed by atoms with Crippen LogP contribution in [0.15, 0.2) is 59.6 Å². The number of para-hydroxylation sites is 1. The van der Waals surface area contributed by atoms with Crippen molar-refractivity contribution in [3.63, 3.8) is 0 Å². The van der Waals surface area contributed by atoms with Crippen LogP contribution in [0.5, 0.6) is 0 Å². The Labute approximate surface area is 171 Å². The maximum absolute atomic E-state index is 13.4. The van der Waals surface area contributed by atoms with Crippen molar-refractivity contribution in [2.45, 2.75) is 17.6 Å². The molecule has 0 aliphatic heterocycles. The van der Waals surface area contributed by atoms with E-state index in [4.69, 9.17) is 23.2 Å². The molecule has 0 amide bonds. The van der Waals surface area contributed by atoms with Crippen LogP contribution >= 0.6 is 30.8 Å². The second-order valence-electron chi connectivity index (χ2n) is 5.98. The van der Waals surface area contributed by atoms with Gasteiger partial charge in [0, 0.05) is 21.6 Å². The highest BCUT2D eigenvalue weighted by Gasteiger charge is 2.40. The molecule has 28 heavy (non-hydrogen) atoms. The van der Waals surface area contributed by atoms with Crippen molar-refractivity contribution in [1.82, 2.24) is 4.98 Å². The fraction of sp³-hybridized carbons (Fsp3) is 0.118. The molecule has 1 heterocycles. The van der Waals surface area contributed by atoms with Crippen molar-refractivity contribution < 1.29 is 22.8 Å². The van der Waals surface area contributed by atoms with Gasteiger partial charge >= 0.3 is 7.60 Å². The van der Waals surface area contributed by atoms with Gasteiger partial charge in [-0.25, -0.2) is 12.7 Å². The van der Waals surface area contributed by atoms with Gasteiger partial charge in [-0.3, -0.25) is 9.55 Å². The van der Waals surface area contributed by atoms with Crippen molar-refractivity contribution in [2.75, 3.05) is 4.31 Å². The van der Waals surface area contributed by atoms with Gasteiger partial charge in [-0.1, -0.05) is 41.4 Å². The Hall–Kier alpha value is -1.67. The van der Waals surface area contributed by atoms with Crippen molar-refractivity contribution in [3.05, 3.63) is 64.8 Å². The summed E-state index contributed by atoms with van der Waals surface area (Å²) in [5.41, 5.74) is 0.312. The van der Waals surface area contributed by atoms with Gasteiger partial charge < -0.3 is 9.79 Å². The lowest BCUT2D eigenvalue weighted by Crippen LogP contribution is -2.39. The minimum absolute atomic E-state index is 0.0324. The maximum Gasteiger partial charge on any atom is 0.348 e. The topological polar surface area (TPSA) is 108 Å². The molecule has 7 nitrogen and oxygen atoms in total. The zero-order valence-electron chi connectivity index (χ0n) is 14.4. The molecule has 2 N–H and O–H groups in total. The number of nitrogens with zero attached hydrogens (tertiary/aromatic N) is 2. The number of hydrogen-bond donors (Lipinski definition) is 2. The van der Waals surface area contributed by atoms with Gasteiger partial charge in [-0.05, 0) is 37.3 Å². The highest BCUT2D eigenvalue weighted by Crippen LogP contribution is 2.47. The third kappa shape index (κ3) is 4.03. The molecule has 148 valence electrons. The zero-order valence-corrected chi connectivity index (χ0v) is 17.6. The summed E-state index contributed by atoms with van der Waals surface area (Å²) in [5.74, 6) is -1.69. The molecule has 0 spiro atoms. The second-order valence-corrected chi connectivity index (χ2v) is 10.6. The molecule has 0 saturated carbocycles. The molecule has 3 rings (SSSR count). The number of halogens is 2. The SMILES string of the molecule is CC(N(c1cccc2cccnc12)S(=O)(=O)c1cc(Cl)cc(Cl)c1)P(=O)(O)O. The van der Waals surface area contributed by atoms with Crippen LogP contribution in [0, 0.1) is 0 Å². The lowest BCUT2D eigenvalue weighted by Gasteiger charge is -2.31. The first-order valence-electron chi connectivity index (χ1n) is 7.91. The number of hydrogen-bond acceptors (Lipinski definition) is 4. The molecular formula is C17H15Cl2N2O5PS. The summed E-state index contributed by atoms with van der Waals surface area (Å²) in [7, 11) is -9.28. The van der Waals surface area contributed by atoms with Gasteiger partial charge in [0.15, 0.2) is 0 Å². The summed E-state index contributed by atoms with van der Waals surface area (Å²) < 4.78 is 39.5. The van der Waals surface area contributed by atoms with E-state index < -0.39 is 23.4 Å². The highest BCUT2D eigenvalue weighted by molar-refractivity contribution is 7.93. The zero-order chi connectivity index (χ0) is 20.7. The quantitative estimate of drug-likeness (QED) is 0.550. The summed E-state index contributed by atoms with van der Waals surface area (Å²) in [5, 5.41) is 0.763. The van der Waals surface area contributed by atoms with E-state index >= 15 is 0 Å². The van der Waals surface area contributed by atoms with Crippen LogP contribution in [0.1, 0.15) is 6.92 Å². The van der Waals surface area contributed by atoms with E-state index in [1.807, 2.05) is 0 Å². The summed E-state index contributed by atoms with van der Waals surface area (Å²) in [6.45, 7) is 1.13.